The summed E-state index contributed by atoms with van der Waals surface area (Å²) in [7, 11) is 0.118. The largest absolute Gasteiger partial charge is 0.491 e. The van der Waals surface area contributed by atoms with Crippen molar-refractivity contribution in [2.75, 3.05) is 31.7 Å². The van der Waals surface area contributed by atoms with Gasteiger partial charge in [-0.15, -0.1) is 0 Å². The van der Waals surface area contributed by atoms with E-state index in [0.717, 1.165) is 55.2 Å². The first-order chi connectivity index (χ1) is 19.6. The SMILES string of the molecule is CCN1C[C@H](C)[C@@H](C)[C@@H](OC)/C=C/C[C@H](C)[C@@H](C)[S-](=O)=NC(=O)c2ccc(OCCCCc3cccc(Cl)c3)c1c2. The van der Waals surface area contributed by atoms with Gasteiger partial charge in [0.05, 0.1) is 18.4 Å². The monoisotopic (exact) mass is 601 g/mol. The molecule has 0 saturated heterocycles. The van der Waals surface area contributed by atoms with Crippen LogP contribution in [0.1, 0.15) is 69.8 Å². The van der Waals surface area contributed by atoms with E-state index in [1.165, 1.54) is 5.56 Å². The third-order valence-corrected chi connectivity index (χ3v) is 9.94. The van der Waals surface area contributed by atoms with Gasteiger partial charge in [-0.2, -0.15) is 10.6 Å². The van der Waals surface area contributed by atoms with Crippen molar-refractivity contribution in [2.24, 2.45) is 22.1 Å². The normalized spacial score (nSPS) is 25.5. The molecule has 226 valence electrons. The number of aryl methyl sites for hydroxylation is 1. The van der Waals surface area contributed by atoms with E-state index >= 15 is 0 Å². The number of carbonyl (C=O) groups is 1. The van der Waals surface area contributed by atoms with E-state index < -0.39 is 16.5 Å². The number of anilines is 1. The minimum absolute atomic E-state index is 0.0302. The summed E-state index contributed by atoms with van der Waals surface area (Å²) in [5.41, 5.74) is 2.49. The molecular weight excluding hydrogens is 556 g/mol. The Morgan fingerprint density at radius 2 is 1.85 bits per heavy atom. The summed E-state index contributed by atoms with van der Waals surface area (Å²) in [4.78, 5) is 15.4. The number of ether oxygens (including phenoxy) is 2. The highest BCUT2D eigenvalue weighted by Crippen LogP contribution is 2.33. The Labute approximate surface area is 253 Å². The zero-order valence-electron chi connectivity index (χ0n) is 25.3. The lowest BCUT2D eigenvalue weighted by Crippen LogP contribution is -2.35. The maximum Gasteiger partial charge on any atom is 0.254 e. The maximum absolute atomic E-state index is 13.1. The highest BCUT2D eigenvalue weighted by atomic mass is 35.5. The van der Waals surface area contributed by atoms with Crippen molar-refractivity contribution >= 4 is 33.8 Å². The van der Waals surface area contributed by atoms with Gasteiger partial charge in [-0.1, -0.05) is 74.7 Å². The van der Waals surface area contributed by atoms with Gasteiger partial charge in [0.1, 0.15) is 5.75 Å². The van der Waals surface area contributed by atoms with Crippen LogP contribution in [0.25, 0.3) is 0 Å². The van der Waals surface area contributed by atoms with Crippen molar-refractivity contribution in [1.29, 1.82) is 0 Å². The van der Waals surface area contributed by atoms with Crippen LogP contribution in [0, 0.1) is 17.8 Å². The Hall–Kier alpha value is -2.35. The van der Waals surface area contributed by atoms with Gasteiger partial charge in [-0.05, 0) is 80.3 Å². The quantitative estimate of drug-likeness (QED) is 0.174. The molecule has 0 radical (unpaired) electrons. The molecular formula is C33H46ClN2O4S-. The Morgan fingerprint density at radius 3 is 2.56 bits per heavy atom. The van der Waals surface area contributed by atoms with E-state index in [1.807, 2.05) is 44.2 Å². The van der Waals surface area contributed by atoms with Crippen LogP contribution in [0.2, 0.25) is 5.02 Å². The number of methoxy groups -OCH3 is 1. The first-order valence-electron chi connectivity index (χ1n) is 14.8. The number of amides is 1. The first kappa shape index (κ1) is 33.2. The van der Waals surface area contributed by atoms with E-state index in [4.69, 9.17) is 21.1 Å². The van der Waals surface area contributed by atoms with E-state index in [0.29, 0.717) is 18.1 Å². The Bertz CT molecular complexity index is 1260. The summed E-state index contributed by atoms with van der Waals surface area (Å²) in [6.07, 6.45) is 7.75. The molecule has 2 aromatic rings. The number of hydrogen-bond donors (Lipinski definition) is 0. The number of benzene rings is 2. The Kier molecular flexibility index (Phi) is 13.2. The number of carbonyl (C=O) groups excluding carboxylic acids is 1. The van der Waals surface area contributed by atoms with Crippen molar-refractivity contribution in [3.05, 3.63) is 70.8 Å². The molecule has 5 atom stereocenters. The number of halogens is 1. The molecule has 6 nitrogen and oxygen atoms in total. The van der Waals surface area contributed by atoms with Gasteiger partial charge >= 0.3 is 0 Å². The molecule has 1 aliphatic heterocycles. The van der Waals surface area contributed by atoms with Crippen LogP contribution >= 0.6 is 11.6 Å². The fourth-order valence-electron chi connectivity index (χ4n) is 5.06. The minimum Gasteiger partial charge on any atom is -0.491 e. The molecule has 1 heterocycles. The van der Waals surface area contributed by atoms with E-state index in [1.54, 1.807) is 13.2 Å². The molecule has 8 heteroatoms. The van der Waals surface area contributed by atoms with Crippen molar-refractivity contribution in [1.82, 2.24) is 0 Å². The highest BCUT2D eigenvalue weighted by molar-refractivity contribution is 7.75. The van der Waals surface area contributed by atoms with Gasteiger partial charge < -0.3 is 22.9 Å². The van der Waals surface area contributed by atoms with Crippen LogP contribution in [-0.4, -0.2) is 44.1 Å². The van der Waals surface area contributed by atoms with Crippen LogP contribution in [0.15, 0.2) is 59.0 Å². The van der Waals surface area contributed by atoms with Crippen molar-refractivity contribution in [3.63, 3.8) is 0 Å². The van der Waals surface area contributed by atoms with Crippen LogP contribution in [-0.2, 0) is 26.0 Å². The highest BCUT2D eigenvalue weighted by Gasteiger charge is 2.24. The Balaban J connectivity index is 1.87. The number of nitrogens with zero attached hydrogens (tertiary/aromatic N) is 2. The van der Waals surface area contributed by atoms with E-state index in [2.05, 4.69) is 48.3 Å². The molecule has 2 aromatic carbocycles. The molecule has 0 aliphatic carbocycles. The van der Waals surface area contributed by atoms with Gasteiger partial charge in [0.15, 0.2) is 0 Å². The molecule has 0 spiro atoms. The fraction of sp³-hybridized carbons (Fsp3) is 0.545. The third-order valence-electron chi connectivity index (χ3n) is 8.26. The van der Waals surface area contributed by atoms with Crippen molar-refractivity contribution in [2.45, 2.75) is 71.7 Å². The zero-order valence-corrected chi connectivity index (χ0v) is 26.9. The molecule has 1 aliphatic rings. The molecule has 2 bridgehead atoms. The molecule has 0 fully saturated rings. The lowest BCUT2D eigenvalue weighted by Gasteiger charge is -2.33. The molecule has 3 rings (SSSR count). The summed E-state index contributed by atoms with van der Waals surface area (Å²) in [6.45, 7) is 12.6. The predicted octanol–water partition coefficient (Wildman–Crippen LogP) is 8.13. The first-order valence-corrected chi connectivity index (χ1v) is 16.3. The van der Waals surface area contributed by atoms with E-state index in [9.17, 15) is 9.00 Å². The standard InChI is InChI=1S/C33H46ClN2O4S/c1-7-36-22-24(3)25(4)31(39-6)16-10-12-23(2)26(5)41(38)35-33(37)28-17-18-32(30(36)21-28)40-19-9-8-13-27-14-11-15-29(34)20-27/h10-11,14-18,20-21,23-26,31H,7-9,12-13,19,22H2,1-6H3/q-1/b16-10+/t23-,24-,25+,26+,31-/m0/s1. The molecule has 0 N–H and O–H groups in total. The number of unbranched alkanes of at least 4 members (excludes halogenated alkanes) is 1. The molecule has 0 saturated carbocycles. The number of rotatable bonds is 8. The molecule has 1 amide bonds. The van der Waals surface area contributed by atoms with Gasteiger partial charge in [0, 0.05) is 30.8 Å². The minimum atomic E-state index is -1.63. The number of fused-ring (bicyclic) bond motifs is 2. The summed E-state index contributed by atoms with van der Waals surface area (Å²) >= 11 is 6.12. The average Bonchev–Trinajstić information content (AvgIpc) is 2.96. The van der Waals surface area contributed by atoms with Crippen molar-refractivity contribution in [3.8, 4) is 5.75 Å². The van der Waals surface area contributed by atoms with Gasteiger partial charge in [-0.25, -0.2) is 0 Å². The second kappa shape index (κ2) is 16.3. The van der Waals surface area contributed by atoms with Gasteiger partial charge in [0.2, 0.25) is 0 Å². The van der Waals surface area contributed by atoms with Crippen LogP contribution < -0.4 is 9.64 Å². The smallest absolute Gasteiger partial charge is 0.254 e. The third kappa shape index (κ3) is 9.59. The van der Waals surface area contributed by atoms with Crippen LogP contribution in [0.5, 0.6) is 5.75 Å². The molecule has 41 heavy (non-hydrogen) atoms. The lowest BCUT2D eigenvalue weighted by atomic mass is 9.89. The van der Waals surface area contributed by atoms with Crippen LogP contribution in [0.3, 0.4) is 0 Å². The summed E-state index contributed by atoms with van der Waals surface area (Å²) < 4.78 is 29.2. The van der Waals surface area contributed by atoms with Crippen LogP contribution in [0.4, 0.5) is 5.69 Å². The fourth-order valence-corrected chi connectivity index (χ4v) is 6.22. The second-order valence-electron chi connectivity index (χ2n) is 11.2. The van der Waals surface area contributed by atoms with Gasteiger partial charge in [-0.3, -0.25) is 4.79 Å². The Morgan fingerprint density at radius 1 is 1.07 bits per heavy atom. The molecule has 0 aromatic heterocycles. The topological polar surface area (TPSA) is 68.2 Å². The lowest BCUT2D eigenvalue weighted by molar-refractivity contribution is 0.0746. The number of allylic oxidation sites excluding steroid dienone is 1. The summed E-state index contributed by atoms with van der Waals surface area (Å²) in [5, 5.41) is 0.501. The summed E-state index contributed by atoms with van der Waals surface area (Å²) in [6, 6.07) is 13.4. The van der Waals surface area contributed by atoms with Crippen molar-refractivity contribution < 1.29 is 18.5 Å². The average molecular weight is 602 g/mol. The number of hydrogen-bond acceptors (Lipinski definition) is 6. The predicted molar refractivity (Wildman–Crippen MR) is 171 cm³/mol. The maximum atomic E-state index is 13.1. The van der Waals surface area contributed by atoms with Gasteiger partial charge in [0.25, 0.3) is 5.91 Å². The summed E-state index contributed by atoms with van der Waals surface area (Å²) in [5.74, 6) is 0.934. The molecule has 0 unspecified atom stereocenters. The van der Waals surface area contributed by atoms with E-state index in [-0.39, 0.29) is 23.2 Å². The second-order valence-corrected chi connectivity index (χ2v) is 13.1. The zero-order chi connectivity index (χ0) is 29.9.